The number of halogens is 1. The topological polar surface area (TPSA) is 44.7 Å². The predicted molar refractivity (Wildman–Crippen MR) is 112 cm³/mol. The molecule has 2 aromatic carbocycles. The normalized spacial score (nSPS) is 18.2. The van der Waals surface area contributed by atoms with E-state index in [2.05, 4.69) is 43.1 Å². The van der Waals surface area contributed by atoms with E-state index in [1.54, 1.807) is 6.07 Å². The van der Waals surface area contributed by atoms with Crippen LogP contribution in [0.4, 0.5) is 10.1 Å². The third kappa shape index (κ3) is 4.24. The van der Waals surface area contributed by atoms with Crippen molar-refractivity contribution in [1.82, 2.24) is 5.43 Å². The van der Waals surface area contributed by atoms with Crippen molar-refractivity contribution in [2.24, 2.45) is 5.10 Å². The van der Waals surface area contributed by atoms with Gasteiger partial charge in [-0.05, 0) is 56.4 Å². The minimum absolute atomic E-state index is 0.00533. The summed E-state index contributed by atoms with van der Waals surface area (Å²) in [5.74, 6) is -0.232. The van der Waals surface area contributed by atoms with Crippen molar-refractivity contribution < 1.29 is 9.18 Å². The van der Waals surface area contributed by atoms with Crippen LogP contribution in [0.25, 0.3) is 0 Å². The predicted octanol–water partition coefficient (Wildman–Crippen LogP) is 4.63. The van der Waals surface area contributed by atoms with Crippen LogP contribution >= 0.6 is 0 Å². The van der Waals surface area contributed by atoms with Gasteiger partial charge in [-0.3, -0.25) is 4.79 Å². The Morgan fingerprint density at radius 1 is 1.32 bits per heavy atom. The van der Waals surface area contributed by atoms with Gasteiger partial charge in [0.15, 0.2) is 0 Å². The molecule has 0 aliphatic carbocycles. The highest BCUT2D eigenvalue weighted by Crippen LogP contribution is 2.43. The number of nitrogens with zero attached hydrogens (tertiary/aromatic N) is 2. The van der Waals surface area contributed by atoms with E-state index in [0.717, 1.165) is 29.8 Å². The Morgan fingerprint density at radius 2 is 2.04 bits per heavy atom. The molecule has 0 bridgehead atoms. The van der Waals surface area contributed by atoms with E-state index in [0.29, 0.717) is 11.5 Å². The SMILES string of the molecule is CCN1c2cc(F)c(/C=N\NC(=O)Cc3ccccc3)cc2C(C)CC1(C)C. The van der Waals surface area contributed by atoms with Crippen molar-refractivity contribution in [3.63, 3.8) is 0 Å². The molecule has 1 aliphatic rings. The lowest BCUT2D eigenvalue weighted by atomic mass is 9.79. The molecule has 1 unspecified atom stereocenters. The minimum Gasteiger partial charge on any atom is -0.366 e. The molecule has 1 atom stereocenters. The van der Waals surface area contributed by atoms with Crippen molar-refractivity contribution in [3.8, 4) is 0 Å². The Labute approximate surface area is 166 Å². The zero-order valence-electron chi connectivity index (χ0n) is 17.0. The van der Waals surface area contributed by atoms with Crippen LogP contribution in [-0.4, -0.2) is 24.2 Å². The molecule has 1 aliphatic heterocycles. The number of hydrogen-bond acceptors (Lipinski definition) is 3. The summed E-state index contributed by atoms with van der Waals surface area (Å²) < 4.78 is 14.7. The van der Waals surface area contributed by atoms with Crippen LogP contribution in [-0.2, 0) is 11.2 Å². The molecule has 2 aromatic rings. The van der Waals surface area contributed by atoms with Gasteiger partial charge in [-0.25, -0.2) is 9.82 Å². The second-order valence-electron chi connectivity index (χ2n) is 8.05. The number of carbonyl (C=O) groups is 1. The summed E-state index contributed by atoms with van der Waals surface area (Å²) >= 11 is 0. The molecule has 28 heavy (non-hydrogen) atoms. The molecule has 0 aromatic heterocycles. The zero-order chi connectivity index (χ0) is 20.3. The Hall–Kier alpha value is -2.69. The van der Waals surface area contributed by atoms with Gasteiger partial charge < -0.3 is 4.90 Å². The van der Waals surface area contributed by atoms with E-state index in [1.807, 2.05) is 36.4 Å². The summed E-state index contributed by atoms with van der Waals surface area (Å²) in [6, 6.07) is 12.9. The van der Waals surface area contributed by atoms with Gasteiger partial charge in [-0.2, -0.15) is 5.10 Å². The second-order valence-corrected chi connectivity index (χ2v) is 8.05. The van der Waals surface area contributed by atoms with Crippen LogP contribution in [0.2, 0.25) is 0 Å². The van der Waals surface area contributed by atoms with E-state index < -0.39 is 0 Å². The van der Waals surface area contributed by atoms with Gasteiger partial charge in [0.2, 0.25) is 5.91 Å². The number of carbonyl (C=O) groups excluding carboxylic acids is 1. The van der Waals surface area contributed by atoms with Crippen LogP contribution in [0, 0.1) is 5.82 Å². The fourth-order valence-corrected chi connectivity index (χ4v) is 4.21. The van der Waals surface area contributed by atoms with Crippen LogP contribution in [0.5, 0.6) is 0 Å². The third-order valence-electron chi connectivity index (χ3n) is 5.42. The summed E-state index contributed by atoms with van der Waals surface area (Å²) in [6.45, 7) is 9.50. The van der Waals surface area contributed by atoms with Gasteiger partial charge in [0.05, 0.1) is 12.6 Å². The number of nitrogens with one attached hydrogen (secondary N) is 1. The Morgan fingerprint density at radius 3 is 2.71 bits per heavy atom. The molecule has 0 saturated heterocycles. The molecule has 0 radical (unpaired) electrons. The fourth-order valence-electron chi connectivity index (χ4n) is 4.21. The molecule has 0 fully saturated rings. The highest BCUT2D eigenvalue weighted by Gasteiger charge is 2.36. The molecule has 1 N–H and O–H groups in total. The van der Waals surface area contributed by atoms with Gasteiger partial charge >= 0.3 is 0 Å². The minimum atomic E-state index is -0.330. The highest BCUT2D eigenvalue weighted by molar-refractivity contribution is 5.84. The van der Waals surface area contributed by atoms with Gasteiger partial charge in [0.1, 0.15) is 5.82 Å². The lowest BCUT2D eigenvalue weighted by Crippen LogP contribution is -2.48. The maximum atomic E-state index is 14.7. The van der Waals surface area contributed by atoms with E-state index >= 15 is 0 Å². The van der Waals surface area contributed by atoms with Crippen molar-refractivity contribution >= 4 is 17.8 Å². The maximum absolute atomic E-state index is 14.7. The lowest BCUT2D eigenvalue weighted by molar-refractivity contribution is -0.120. The van der Waals surface area contributed by atoms with Crippen molar-refractivity contribution in [3.05, 3.63) is 65.0 Å². The van der Waals surface area contributed by atoms with Crippen molar-refractivity contribution in [1.29, 1.82) is 0 Å². The maximum Gasteiger partial charge on any atom is 0.244 e. The molecule has 3 rings (SSSR count). The molecular weight excluding hydrogens is 353 g/mol. The first kappa shape index (κ1) is 20.1. The molecule has 0 saturated carbocycles. The van der Waals surface area contributed by atoms with Gasteiger partial charge in [-0.1, -0.05) is 37.3 Å². The number of benzene rings is 2. The van der Waals surface area contributed by atoms with Gasteiger partial charge in [0.25, 0.3) is 0 Å². The highest BCUT2D eigenvalue weighted by atomic mass is 19.1. The summed E-state index contributed by atoms with van der Waals surface area (Å²) in [4.78, 5) is 14.3. The smallest absolute Gasteiger partial charge is 0.244 e. The van der Waals surface area contributed by atoms with E-state index in [-0.39, 0.29) is 23.7 Å². The van der Waals surface area contributed by atoms with Gasteiger partial charge in [-0.15, -0.1) is 0 Å². The summed E-state index contributed by atoms with van der Waals surface area (Å²) in [6.07, 6.45) is 2.63. The van der Waals surface area contributed by atoms with Crippen LogP contribution in [0.15, 0.2) is 47.6 Å². The summed E-state index contributed by atoms with van der Waals surface area (Å²) in [7, 11) is 0. The number of rotatable bonds is 5. The standard InChI is InChI=1S/C23H28FN3O/c1-5-27-21-13-20(24)18(12-19(21)16(2)14-23(27,3)4)15-25-26-22(28)11-17-9-7-6-8-10-17/h6-10,12-13,15-16H,5,11,14H2,1-4H3,(H,26,28)/b25-15-. The first-order valence-electron chi connectivity index (χ1n) is 9.78. The zero-order valence-corrected chi connectivity index (χ0v) is 17.0. The quantitative estimate of drug-likeness (QED) is 0.606. The molecule has 1 heterocycles. The molecular formula is C23H28FN3O. The summed E-state index contributed by atoms with van der Waals surface area (Å²) in [5, 5.41) is 3.96. The fraction of sp³-hybridized carbons (Fsp3) is 0.391. The molecule has 5 heteroatoms. The lowest BCUT2D eigenvalue weighted by Gasteiger charge is -2.47. The van der Waals surface area contributed by atoms with E-state index in [1.165, 1.54) is 6.21 Å². The van der Waals surface area contributed by atoms with Crippen LogP contribution in [0.3, 0.4) is 0 Å². The molecule has 0 spiro atoms. The number of hydrazone groups is 1. The average molecular weight is 381 g/mol. The second kappa shape index (κ2) is 8.13. The van der Waals surface area contributed by atoms with Gasteiger partial charge in [0, 0.05) is 23.3 Å². The van der Waals surface area contributed by atoms with Crippen LogP contribution in [0.1, 0.15) is 56.7 Å². The average Bonchev–Trinajstić information content (AvgIpc) is 2.63. The number of fused-ring (bicyclic) bond motifs is 1. The molecule has 148 valence electrons. The third-order valence-corrected chi connectivity index (χ3v) is 5.42. The first-order valence-corrected chi connectivity index (χ1v) is 9.78. The van der Waals surface area contributed by atoms with Crippen molar-refractivity contribution in [2.45, 2.75) is 52.0 Å². The Kier molecular flexibility index (Phi) is 5.82. The summed E-state index contributed by atoms with van der Waals surface area (Å²) in [5.41, 5.74) is 5.86. The number of hydrogen-bond donors (Lipinski definition) is 1. The monoisotopic (exact) mass is 381 g/mol. The number of amides is 1. The van der Waals surface area contributed by atoms with Crippen LogP contribution < -0.4 is 10.3 Å². The largest absolute Gasteiger partial charge is 0.366 e. The first-order chi connectivity index (χ1) is 13.3. The van der Waals surface area contributed by atoms with E-state index in [4.69, 9.17) is 0 Å². The number of anilines is 1. The molecule has 4 nitrogen and oxygen atoms in total. The van der Waals surface area contributed by atoms with Crippen molar-refractivity contribution in [2.75, 3.05) is 11.4 Å². The van der Waals surface area contributed by atoms with E-state index in [9.17, 15) is 9.18 Å². The Bertz CT molecular complexity index is 877. The Balaban J connectivity index is 1.76. The molecule has 1 amide bonds.